The summed E-state index contributed by atoms with van der Waals surface area (Å²) in [5.74, 6) is -0.210. The van der Waals surface area contributed by atoms with Crippen molar-refractivity contribution in [3.05, 3.63) is 29.3 Å². The largest absolute Gasteiger partial charge is 0.467 e. The summed E-state index contributed by atoms with van der Waals surface area (Å²) in [5.41, 5.74) is 3.45. The van der Waals surface area contributed by atoms with Gasteiger partial charge in [0.1, 0.15) is 6.04 Å². The van der Waals surface area contributed by atoms with Crippen LogP contribution in [0, 0.1) is 6.92 Å². The second kappa shape index (κ2) is 6.28. The van der Waals surface area contributed by atoms with E-state index in [1.54, 1.807) is 0 Å². The van der Waals surface area contributed by atoms with Gasteiger partial charge in [0, 0.05) is 5.69 Å². The zero-order valence-electron chi connectivity index (χ0n) is 11.0. The molecule has 1 aromatic rings. The van der Waals surface area contributed by atoms with Crippen LogP contribution in [0.4, 0.5) is 5.69 Å². The Kier molecular flexibility index (Phi) is 5.01. The Morgan fingerprint density at radius 3 is 2.65 bits per heavy atom. The predicted molar refractivity (Wildman–Crippen MR) is 70.3 cm³/mol. The van der Waals surface area contributed by atoms with E-state index < -0.39 is 0 Å². The van der Waals surface area contributed by atoms with E-state index in [0.717, 1.165) is 17.7 Å². The number of nitrogens with one attached hydrogen (secondary N) is 1. The molecule has 0 spiro atoms. The fourth-order valence-electron chi connectivity index (χ4n) is 1.87. The SMILES string of the molecule is CCc1cccc(C)c1NC(CC)C(=O)OC. The molecule has 0 aliphatic heterocycles. The highest BCUT2D eigenvalue weighted by Crippen LogP contribution is 2.22. The maximum Gasteiger partial charge on any atom is 0.328 e. The zero-order chi connectivity index (χ0) is 12.8. The summed E-state index contributed by atoms with van der Waals surface area (Å²) in [7, 11) is 1.42. The molecule has 1 unspecified atom stereocenters. The second-order valence-electron chi connectivity index (χ2n) is 4.09. The van der Waals surface area contributed by atoms with Crippen LogP contribution >= 0.6 is 0 Å². The number of carbonyl (C=O) groups is 1. The summed E-state index contributed by atoms with van der Waals surface area (Å²) < 4.78 is 4.79. The van der Waals surface area contributed by atoms with Gasteiger partial charge in [0.05, 0.1) is 7.11 Å². The van der Waals surface area contributed by atoms with E-state index in [1.807, 2.05) is 26.0 Å². The van der Waals surface area contributed by atoms with Gasteiger partial charge in [-0.1, -0.05) is 32.0 Å². The first-order chi connectivity index (χ1) is 8.13. The number of hydrogen-bond donors (Lipinski definition) is 1. The Labute approximate surface area is 103 Å². The van der Waals surface area contributed by atoms with Crippen molar-refractivity contribution in [3.8, 4) is 0 Å². The highest BCUT2D eigenvalue weighted by atomic mass is 16.5. The van der Waals surface area contributed by atoms with Crippen molar-refractivity contribution in [2.45, 2.75) is 39.7 Å². The summed E-state index contributed by atoms with van der Waals surface area (Å²) in [6.07, 6.45) is 1.66. The third kappa shape index (κ3) is 3.22. The Balaban J connectivity index is 2.96. The first kappa shape index (κ1) is 13.6. The van der Waals surface area contributed by atoms with Crippen LogP contribution in [0.5, 0.6) is 0 Å². The molecule has 0 aliphatic rings. The van der Waals surface area contributed by atoms with Crippen molar-refractivity contribution >= 4 is 11.7 Å². The quantitative estimate of drug-likeness (QED) is 0.797. The summed E-state index contributed by atoms with van der Waals surface area (Å²) in [6.45, 7) is 6.13. The minimum Gasteiger partial charge on any atom is -0.467 e. The fraction of sp³-hybridized carbons (Fsp3) is 0.500. The lowest BCUT2D eigenvalue weighted by Gasteiger charge is -2.20. The third-order valence-electron chi connectivity index (χ3n) is 2.95. The van der Waals surface area contributed by atoms with Crippen molar-refractivity contribution in [3.63, 3.8) is 0 Å². The van der Waals surface area contributed by atoms with Crippen LogP contribution in [0.2, 0.25) is 0 Å². The molecule has 3 heteroatoms. The molecule has 94 valence electrons. The van der Waals surface area contributed by atoms with Gasteiger partial charge in [-0.15, -0.1) is 0 Å². The van der Waals surface area contributed by atoms with E-state index in [1.165, 1.54) is 12.7 Å². The predicted octanol–water partition coefficient (Wildman–Crippen LogP) is 2.92. The van der Waals surface area contributed by atoms with Gasteiger partial charge < -0.3 is 10.1 Å². The van der Waals surface area contributed by atoms with E-state index >= 15 is 0 Å². The van der Waals surface area contributed by atoms with Crippen LogP contribution in [0.1, 0.15) is 31.4 Å². The molecule has 0 aromatic heterocycles. The Morgan fingerprint density at radius 1 is 1.41 bits per heavy atom. The first-order valence-electron chi connectivity index (χ1n) is 6.06. The molecule has 0 bridgehead atoms. The van der Waals surface area contributed by atoms with E-state index in [4.69, 9.17) is 4.74 Å². The molecule has 1 rings (SSSR count). The monoisotopic (exact) mass is 235 g/mol. The number of carbonyl (C=O) groups excluding carboxylic acids is 1. The smallest absolute Gasteiger partial charge is 0.328 e. The standard InChI is InChI=1S/C14H21NO2/c1-5-11-9-7-8-10(3)13(11)15-12(6-2)14(16)17-4/h7-9,12,15H,5-6H2,1-4H3. The lowest BCUT2D eigenvalue weighted by molar-refractivity contribution is -0.141. The van der Waals surface area contributed by atoms with E-state index in [2.05, 4.69) is 18.3 Å². The zero-order valence-corrected chi connectivity index (χ0v) is 11.0. The molecule has 3 nitrogen and oxygen atoms in total. The van der Waals surface area contributed by atoms with Crippen LogP contribution in [0.25, 0.3) is 0 Å². The van der Waals surface area contributed by atoms with Gasteiger partial charge in [-0.2, -0.15) is 0 Å². The highest BCUT2D eigenvalue weighted by molar-refractivity contribution is 5.80. The number of ether oxygens (including phenoxy) is 1. The maximum atomic E-state index is 11.6. The maximum absolute atomic E-state index is 11.6. The summed E-state index contributed by atoms with van der Waals surface area (Å²) in [5, 5.41) is 3.29. The van der Waals surface area contributed by atoms with Crippen LogP contribution < -0.4 is 5.32 Å². The van der Waals surface area contributed by atoms with Gasteiger partial charge in [0.25, 0.3) is 0 Å². The number of methoxy groups -OCH3 is 1. The highest BCUT2D eigenvalue weighted by Gasteiger charge is 2.18. The second-order valence-corrected chi connectivity index (χ2v) is 4.09. The summed E-state index contributed by atoms with van der Waals surface area (Å²) >= 11 is 0. The number of hydrogen-bond acceptors (Lipinski definition) is 3. The summed E-state index contributed by atoms with van der Waals surface area (Å²) in [6, 6.07) is 5.90. The normalized spacial score (nSPS) is 12.0. The van der Waals surface area contributed by atoms with Crippen LogP contribution in [0.15, 0.2) is 18.2 Å². The van der Waals surface area contributed by atoms with Gasteiger partial charge in [-0.25, -0.2) is 4.79 Å². The lowest BCUT2D eigenvalue weighted by Crippen LogP contribution is -2.30. The number of benzene rings is 1. The first-order valence-corrected chi connectivity index (χ1v) is 6.06. The Morgan fingerprint density at radius 2 is 2.12 bits per heavy atom. The third-order valence-corrected chi connectivity index (χ3v) is 2.95. The van der Waals surface area contributed by atoms with E-state index in [-0.39, 0.29) is 12.0 Å². The Hall–Kier alpha value is -1.51. The van der Waals surface area contributed by atoms with Crippen molar-refractivity contribution in [1.29, 1.82) is 0 Å². The lowest BCUT2D eigenvalue weighted by atomic mass is 10.0. The van der Waals surface area contributed by atoms with Crippen LogP contribution in [-0.2, 0) is 16.0 Å². The number of anilines is 1. The molecule has 0 radical (unpaired) electrons. The molecule has 1 N–H and O–H groups in total. The molecule has 0 saturated carbocycles. The van der Waals surface area contributed by atoms with Gasteiger partial charge in [-0.3, -0.25) is 0 Å². The molecule has 17 heavy (non-hydrogen) atoms. The van der Waals surface area contributed by atoms with Crippen molar-refractivity contribution in [2.75, 3.05) is 12.4 Å². The number of aryl methyl sites for hydroxylation is 2. The van der Waals surface area contributed by atoms with Gasteiger partial charge >= 0.3 is 5.97 Å². The molecular formula is C14H21NO2. The molecule has 0 heterocycles. The minimum absolute atomic E-state index is 0.210. The minimum atomic E-state index is -0.272. The van der Waals surface area contributed by atoms with Crippen molar-refractivity contribution < 1.29 is 9.53 Å². The Bertz CT molecular complexity index is 388. The molecule has 0 amide bonds. The van der Waals surface area contributed by atoms with Crippen LogP contribution in [-0.4, -0.2) is 19.1 Å². The van der Waals surface area contributed by atoms with Crippen molar-refractivity contribution in [2.24, 2.45) is 0 Å². The number of para-hydroxylation sites is 1. The van der Waals surface area contributed by atoms with Crippen LogP contribution in [0.3, 0.4) is 0 Å². The topological polar surface area (TPSA) is 38.3 Å². The number of rotatable bonds is 5. The van der Waals surface area contributed by atoms with Gasteiger partial charge in [0.15, 0.2) is 0 Å². The van der Waals surface area contributed by atoms with E-state index in [9.17, 15) is 4.79 Å². The molecular weight excluding hydrogens is 214 g/mol. The molecule has 0 aliphatic carbocycles. The fourth-order valence-corrected chi connectivity index (χ4v) is 1.87. The molecule has 1 aromatic carbocycles. The number of esters is 1. The average molecular weight is 235 g/mol. The molecule has 0 fully saturated rings. The average Bonchev–Trinajstić information content (AvgIpc) is 2.36. The molecule has 0 saturated heterocycles. The van der Waals surface area contributed by atoms with Gasteiger partial charge in [0.2, 0.25) is 0 Å². The van der Waals surface area contributed by atoms with Gasteiger partial charge in [-0.05, 0) is 30.9 Å². The molecule has 1 atom stereocenters. The van der Waals surface area contributed by atoms with E-state index in [0.29, 0.717) is 6.42 Å². The van der Waals surface area contributed by atoms with Crippen molar-refractivity contribution in [1.82, 2.24) is 0 Å². The summed E-state index contributed by atoms with van der Waals surface area (Å²) in [4.78, 5) is 11.6.